The fourth-order valence-electron chi connectivity index (χ4n) is 2.33. The van der Waals surface area contributed by atoms with Gasteiger partial charge in [-0.1, -0.05) is 15.9 Å². The molecule has 5 heteroatoms. The predicted molar refractivity (Wildman–Crippen MR) is 85.6 cm³/mol. The Hall–Kier alpha value is -1.33. The summed E-state index contributed by atoms with van der Waals surface area (Å²) in [6, 6.07) is 6.13. The number of fused-ring (bicyclic) bond motifs is 1. The van der Waals surface area contributed by atoms with Crippen molar-refractivity contribution in [2.45, 2.75) is 13.8 Å². The maximum Gasteiger partial charge on any atom is 0.144 e. The lowest BCUT2D eigenvalue weighted by molar-refractivity contribution is 0.959. The zero-order valence-corrected chi connectivity index (χ0v) is 13.4. The van der Waals surface area contributed by atoms with Gasteiger partial charge in [0, 0.05) is 16.4 Å². The maximum absolute atomic E-state index is 6.15. The molecule has 0 atom stereocenters. The summed E-state index contributed by atoms with van der Waals surface area (Å²) in [6.07, 6.45) is 0. The van der Waals surface area contributed by atoms with Crippen molar-refractivity contribution in [3.8, 4) is 11.4 Å². The Labute approximate surface area is 124 Å². The topological polar surface area (TPSA) is 43.8 Å². The molecular weight excluding hydrogens is 322 g/mol. The fourth-order valence-corrected chi connectivity index (χ4v) is 3.61. The lowest BCUT2D eigenvalue weighted by Crippen LogP contribution is -1.95. The Morgan fingerprint density at radius 2 is 2.05 bits per heavy atom. The second kappa shape index (κ2) is 4.35. The summed E-state index contributed by atoms with van der Waals surface area (Å²) < 4.78 is 3.14. The minimum atomic E-state index is 0.840. The highest BCUT2D eigenvalue weighted by atomic mass is 79.9. The van der Waals surface area contributed by atoms with Gasteiger partial charge >= 0.3 is 0 Å². The predicted octanol–water partition coefficient (Wildman–Crippen LogP) is 4.26. The molecule has 3 nitrogen and oxygen atoms in total. The van der Waals surface area contributed by atoms with Crippen LogP contribution in [0.3, 0.4) is 0 Å². The molecule has 0 aliphatic rings. The molecule has 0 unspecified atom stereocenters. The first-order valence-electron chi connectivity index (χ1n) is 5.97. The van der Waals surface area contributed by atoms with Gasteiger partial charge in [0.15, 0.2) is 0 Å². The van der Waals surface area contributed by atoms with E-state index in [1.165, 1.54) is 10.4 Å². The number of benzene rings is 1. The van der Waals surface area contributed by atoms with Crippen molar-refractivity contribution in [3.05, 3.63) is 33.1 Å². The summed E-state index contributed by atoms with van der Waals surface area (Å²) >= 11 is 5.11. The van der Waals surface area contributed by atoms with Gasteiger partial charge in [0.2, 0.25) is 0 Å². The number of rotatable bonds is 1. The van der Waals surface area contributed by atoms with E-state index in [-0.39, 0.29) is 0 Å². The Morgan fingerprint density at radius 3 is 2.68 bits per heavy atom. The minimum absolute atomic E-state index is 0.840. The quantitative estimate of drug-likeness (QED) is 0.721. The number of nitrogen functional groups attached to an aromatic ring is 1. The number of thiophene rings is 1. The molecule has 0 radical (unpaired) electrons. The number of hydrogen-bond donors (Lipinski definition) is 1. The number of imidazole rings is 1. The molecule has 3 rings (SSSR count). The normalized spacial score (nSPS) is 11.4. The monoisotopic (exact) mass is 335 g/mol. The third-order valence-corrected chi connectivity index (χ3v) is 5.01. The van der Waals surface area contributed by atoms with E-state index in [9.17, 15) is 0 Å². The average Bonchev–Trinajstić information content (AvgIpc) is 2.78. The average molecular weight is 336 g/mol. The van der Waals surface area contributed by atoms with Crippen LogP contribution >= 0.6 is 27.3 Å². The highest BCUT2D eigenvalue weighted by Gasteiger charge is 2.18. The van der Waals surface area contributed by atoms with E-state index in [1.54, 1.807) is 11.3 Å². The van der Waals surface area contributed by atoms with Crippen molar-refractivity contribution in [1.82, 2.24) is 9.55 Å². The first-order chi connectivity index (χ1) is 8.99. The van der Waals surface area contributed by atoms with Crippen LogP contribution in [0.2, 0.25) is 0 Å². The van der Waals surface area contributed by atoms with Crippen LogP contribution in [0.15, 0.2) is 22.7 Å². The number of nitrogens with two attached hydrogens (primary N) is 1. The Balaban J connectivity index is 2.34. The summed E-state index contributed by atoms with van der Waals surface area (Å²) in [5.41, 5.74) is 10.5. The molecule has 0 amide bonds. The Kier molecular flexibility index (Phi) is 2.91. The molecule has 0 aliphatic carbocycles. The maximum atomic E-state index is 6.15. The van der Waals surface area contributed by atoms with E-state index >= 15 is 0 Å². The van der Waals surface area contributed by atoms with Crippen LogP contribution in [0.5, 0.6) is 0 Å². The number of hydrogen-bond acceptors (Lipinski definition) is 3. The SMILES string of the molecule is Cc1sc(N)c(-c2nc3cc(Br)ccc3n2C)c1C. The molecular formula is C14H14BrN3S. The first kappa shape index (κ1) is 12.7. The van der Waals surface area contributed by atoms with Crippen LogP contribution in [-0.2, 0) is 7.05 Å². The van der Waals surface area contributed by atoms with Crippen molar-refractivity contribution in [2.24, 2.45) is 7.05 Å². The van der Waals surface area contributed by atoms with Crippen LogP contribution < -0.4 is 5.73 Å². The van der Waals surface area contributed by atoms with Gasteiger partial charge in [-0.05, 0) is 37.6 Å². The van der Waals surface area contributed by atoms with Crippen molar-refractivity contribution in [1.29, 1.82) is 0 Å². The Bertz CT molecular complexity index is 786. The second-order valence-corrected chi connectivity index (χ2v) is 6.82. The largest absolute Gasteiger partial charge is 0.390 e. The molecule has 0 bridgehead atoms. The first-order valence-corrected chi connectivity index (χ1v) is 7.58. The molecule has 2 N–H and O–H groups in total. The third kappa shape index (κ3) is 1.88. The van der Waals surface area contributed by atoms with Crippen LogP contribution in [0.1, 0.15) is 10.4 Å². The number of aromatic nitrogens is 2. The third-order valence-electron chi connectivity index (χ3n) is 3.48. The molecule has 0 saturated carbocycles. The number of anilines is 1. The van der Waals surface area contributed by atoms with Gasteiger partial charge in [0.25, 0.3) is 0 Å². The summed E-state index contributed by atoms with van der Waals surface area (Å²) in [5.74, 6) is 0.937. The molecule has 2 heterocycles. The zero-order chi connectivity index (χ0) is 13.7. The number of aryl methyl sites for hydroxylation is 2. The van der Waals surface area contributed by atoms with E-state index in [4.69, 9.17) is 10.7 Å². The molecule has 0 aliphatic heterocycles. The molecule has 1 aromatic carbocycles. The molecule has 0 saturated heterocycles. The fraction of sp³-hybridized carbons (Fsp3) is 0.214. The smallest absolute Gasteiger partial charge is 0.144 e. The number of halogens is 1. The van der Waals surface area contributed by atoms with Gasteiger partial charge in [0.1, 0.15) is 5.82 Å². The molecule has 19 heavy (non-hydrogen) atoms. The number of nitrogens with zero attached hydrogens (tertiary/aromatic N) is 2. The van der Waals surface area contributed by atoms with Gasteiger partial charge in [-0.25, -0.2) is 4.98 Å². The summed E-state index contributed by atoms with van der Waals surface area (Å²) in [4.78, 5) is 5.99. The van der Waals surface area contributed by atoms with Crippen molar-refractivity contribution in [2.75, 3.05) is 5.73 Å². The summed E-state index contributed by atoms with van der Waals surface area (Å²) in [5, 5.41) is 0.840. The lowest BCUT2D eigenvalue weighted by Gasteiger charge is -2.03. The van der Waals surface area contributed by atoms with Gasteiger partial charge in [-0.2, -0.15) is 0 Å². The standard InChI is InChI=1S/C14H14BrN3S/c1-7-8(2)19-13(16)12(7)14-17-10-6-9(15)4-5-11(10)18(14)3/h4-6H,16H2,1-3H3. The summed E-state index contributed by atoms with van der Waals surface area (Å²) in [7, 11) is 2.03. The summed E-state index contributed by atoms with van der Waals surface area (Å²) in [6.45, 7) is 4.20. The van der Waals surface area contributed by atoms with Gasteiger partial charge in [-0.15, -0.1) is 11.3 Å². The van der Waals surface area contributed by atoms with Crippen LogP contribution in [0.25, 0.3) is 22.4 Å². The van der Waals surface area contributed by atoms with Crippen LogP contribution in [0, 0.1) is 13.8 Å². The van der Waals surface area contributed by atoms with E-state index < -0.39 is 0 Å². The molecule has 2 aromatic heterocycles. The Morgan fingerprint density at radius 1 is 1.32 bits per heavy atom. The highest BCUT2D eigenvalue weighted by molar-refractivity contribution is 9.10. The second-order valence-electron chi connectivity index (χ2n) is 4.65. The molecule has 0 fully saturated rings. The molecule has 0 spiro atoms. The highest BCUT2D eigenvalue weighted by Crippen LogP contribution is 2.38. The lowest BCUT2D eigenvalue weighted by atomic mass is 10.1. The molecule has 3 aromatic rings. The van der Waals surface area contributed by atoms with Crippen molar-refractivity contribution < 1.29 is 0 Å². The van der Waals surface area contributed by atoms with E-state index in [0.29, 0.717) is 0 Å². The van der Waals surface area contributed by atoms with E-state index in [1.807, 2.05) is 19.2 Å². The zero-order valence-electron chi connectivity index (χ0n) is 11.0. The van der Waals surface area contributed by atoms with E-state index in [2.05, 4.69) is 40.4 Å². The molecule has 98 valence electrons. The van der Waals surface area contributed by atoms with Gasteiger partial charge < -0.3 is 10.3 Å². The van der Waals surface area contributed by atoms with E-state index in [0.717, 1.165) is 31.9 Å². The van der Waals surface area contributed by atoms with Crippen LogP contribution in [-0.4, -0.2) is 9.55 Å². The van der Waals surface area contributed by atoms with Gasteiger partial charge in [-0.3, -0.25) is 0 Å². The van der Waals surface area contributed by atoms with Gasteiger partial charge in [0.05, 0.1) is 21.6 Å². The minimum Gasteiger partial charge on any atom is -0.390 e. The van der Waals surface area contributed by atoms with Crippen LogP contribution in [0.4, 0.5) is 5.00 Å². The van der Waals surface area contributed by atoms with Crippen molar-refractivity contribution >= 4 is 43.3 Å². The van der Waals surface area contributed by atoms with Crippen molar-refractivity contribution in [3.63, 3.8) is 0 Å².